The Morgan fingerprint density at radius 3 is 2.38 bits per heavy atom. The molecule has 0 N–H and O–H groups in total. The van der Waals surface area contributed by atoms with Gasteiger partial charge in [0.25, 0.3) is 5.91 Å². The molecule has 2 rings (SSSR count). The van der Waals surface area contributed by atoms with E-state index in [1.54, 1.807) is 0 Å². The largest absolute Gasteiger partial charge is 0.270 e. The summed E-state index contributed by atoms with van der Waals surface area (Å²) in [6, 6.07) is 0. The van der Waals surface area contributed by atoms with Crippen LogP contribution in [0.3, 0.4) is 0 Å². The van der Waals surface area contributed by atoms with Crippen molar-refractivity contribution in [3.05, 3.63) is 22.4 Å². The van der Waals surface area contributed by atoms with E-state index in [0.717, 1.165) is 11.4 Å². The summed E-state index contributed by atoms with van der Waals surface area (Å²) in [5, 5.41) is 0. The minimum Gasteiger partial charge on any atom is -0.270 e. The third-order valence-electron chi connectivity index (χ3n) is 1.87. The second-order valence-electron chi connectivity index (χ2n) is 2.86. The average molecular weight is 176 g/mol. The molecule has 2 heterocycles. The number of rotatable bonds is 0. The van der Waals surface area contributed by atoms with Crippen molar-refractivity contribution in [3.63, 3.8) is 0 Å². The summed E-state index contributed by atoms with van der Waals surface area (Å²) < 4.78 is 0. The second kappa shape index (κ2) is 2.69. The van der Waals surface area contributed by atoms with Crippen LogP contribution in [0.4, 0.5) is 0 Å². The number of hydrogen-bond donors (Lipinski definition) is 0. The van der Waals surface area contributed by atoms with Gasteiger partial charge in [-0.1, -0.05) is 0 Å². The molecule has 1 aliphatic rings. The smallest absolute Gasteiger partial charge is 0.269 e. The van der Waals surface area contributed by atoms with Crippen LogP contribution in [0.2, 0.25) is 0 Å². The zero-order chi connectivity index (χ0) is 9.42. The maximum atomic E-state index is 10.9. The molecule has 66 valence electrons. The van der Waals surface area contributed by atoms with E-state index in [2.05, 4.69) is 20.0 Å². The van der Waals surface area contributed by atoms with Crippen LogP contribution in [0.5, 0.6) is 0 Å². The lowest BCUT2D eigenvalue weighted by atomic mass is 10.3. The first kappa shape index (κ1) is 7.97. The molecule has 1 aliphatic heterocycles. The Labute approximate surface area is 74.3 Å². The van der Waals surface area contributed by atoms with Gasteiger partial charge in [-0.3, -0.25) is 9.79 Å². The molecule has 0 aliphatic carbocycles. The van der Waals surface area contributed by atoms with Gasteiger partial charge in [0.1, 0.15) is 6.54 Å². The van der Waals surface area contributed by atoms with Gasteiger partial charge in [-0.2, -0.15) is 4.99 Å². The van der Waals surface area contributed by atoms with Gasteiger partial charge in [-0.05, 0) is 13.8 Å². The minimum atomic E-state index is -0.259. The van der Waals surface area contributed by atoms with Crippen molar-refractivity contribution in [2.75, 3.05) is 6.54 Å². The molecular weight excluding hydrogens is 168 g/mol. The molecule has 0 fully saturated rings. The molecule has 0 radical (unpaired) electrons. The predicted molar refractivity (Wildman–Crippen MR) is 43.7 cm³/mol. The number of carbonyl (C=O) groups excluding carboxylic acids is 1. The molecule has 0 spiro atoms. The first-order valence-electron chi connectivity index (χ1n) is 3.94. The molecule has 0 saturated carbocycles. The third kappa shape index (κ3) is 1.32. The standard InChI is InChI=1S/C8H8N4O/c1-4-5(2)11-8-7(10-4)9-3-6(13)12-8/h3H2,1-2H3. The van der Waals surface area contributed by atoms with Gasteiger partial charge in [0.05, 0.1) is 11.4 Å². The Hall–Kier alpha value is -1.65. The van der Waals surface area contributed by atoms with Crippen molar-refractivity contribution in [1.82, 2.24) is 9.97 Å². The quantitative estimate of drug-likeness (QED) is 0.502. The summed E-state index contributed by atoms with van der Waals surface area (Å²) in [7, 11) is 0. The van der Waals surface area contributed by atoms with Crippen LogP contribution < -0.4 is 11.0 Å². The normalized spacial score (nSPS) is 14.5. The molecule has 5 heteroatoms. The Kier molecular flexibility index (Phi) is 1.65. The zero-order valence-corrected chi connectivity index (χ0v) is 7.40. The fraction of sp³-hybridized carbons (Fsp3) is 0.375. The summed E-state index contributed by atoms with van der Waals surface area (Å²) in [4.78, 5) is 26.9. The zero-order valence-electron chi connectivity index (χ0n) is 7.40. The first-order chi connectivity index (χ1) is 6.16. The number of nitrogens with zero attached hydrogens (tertiary/aromatic N) is 4. The van der Waals surface area contributed by atoms with E-state index in [1.165, 1.54) is 0 Å². The minimum absolute atomic E-state index is 0.0875. The molecule has 0 atom stereocenters. The lowest BCUT2D eigenvalue weighted by Gasteiger charge is -2.00. The van der Waals surface area contributed by atoms with Gasteiger partial charge >= 0.3 is 0 Å². The number of carbonyl (C=O) groups is 1. The highest BCUT2D eigenvalue weighted by atomic mass is 16.1. The lowest BCUT2D eigenvalue weighted by molar-refractivity contribution is -0.117. The molecule has 0 saturated heterocycles. The number of aryl methyl sites for hydroxylation is 2. The van der Waals surface area contributed by atoms with Crippen molar-refractivity contribution in [3.8, 4) is 0 Å². The number of hydrogen-bond acceptors (Lipinski definition) is 4. The van der Waals surface area contributed by atoms with Gasteiger partial charge in [-0.25, -0.2) is 9.97 Å². The van der Waals surface area contributed by atoms with Crippen LogP contribution in [0.25, 0.3) is 0 Å². The van der Waals surface area contributed by atoms with E-state index in [1.807, 2.05) is 13.8 Å². The maximum absolute atomic E-state index is 10.9. The highest BCUT2D eigenvalue weighted by Crippen LogP contribution is 1.91. The highest BCUT2D eigenvalue weighted by Gasteiger charge is 2.07. The Morgan fingerprint density at radius 2 is 1.69 bits per heavy atom. The molecule has 0 unspecified atom stereocenters. The second-order valence-corrected chi connectivity index (χ2v) is 2.86. The van der Waals surface area contributed by atoms with Crippen LogP contribution in [0.1, 0.15) is 11.4 Å². The molecule has 1 amide bonds. The third-order valence-corrected chi connectivity index (χ3v) is 1.87. The van der Waals surface area contributed by atoms with Crippen LogP contribution in [-0.2, 0) is 4.79 Å². The van der Waals surface area contributed by atoms with Crippen molar-refractivity contribution < 1.29 is 4.79 Å². The molecule has 5 nitrogen and oxygen atoms in total. The summed E-state index contributed by atoms with van der Waals surface area (Å²) in [5.74, 6) is -0.259. The first-order valence-corrected chi connectivity index (χ1v) is 3.94. The van der Waals surface area contributed by atoms with Crippen LogP contribution in [0.15, 0.2) is 9.98 Å². The van der Waals surface area contributed by atoms with E-state index in [9.17, 15) is 4.79 Å². The van der Waals surface area contributed by atoms with E-state index in [-0.39, 0.29) is 12.5 Å². The highest BCUT2D eigenvalue weighted by molar-refractivity contribution is 5.79. The molecule has 1 aromatic heterocycles. The summed E-state index contributed by atoms with van der Waals surface area (Å²) in [6.07, 6.45) is 0. The maximum Gasteiger partial charge on any atom is 0.269 e. The van der Waals surface area contributed by atoms with Crippen molar-refractivity contribution in [2.24, 2.45) is 9.98 Å². The van der Waals surface area contributed by atoms with Crippen LogP contribution in [-0.4, -0.2) is 22.4 Å². The monoisotopic (exact) mass is 176 g/mol. The number of fused-ring (bicyclic) bond motifs is 1. The van der Waals surface area contributed by atoms with Gasteiger partial charge in [0.2, 0.25) is 5.49 Å². The molecule has 13 heavy (non-hydrogen) atoms. The number of aromatic nitrogens is 2. The van der Waals surface area contributed by atoms with Gasteiger partial charge < -0.3 is 0 Å². The van der Waals surface area contributed by atoms with Crippen LogP contribution >= 0.6 is 0 Å². The SMILES string of the molecule is Cc1nc2c(nc1C)=NC(=O)CN=2. The Bertz CT molecular complexity index is 492. The molecular formula is C8H8N4O. The summed E-state index contributed by atoms with van der Waals surface area (Å²) in [5.41, 5.74) is 2.43. The van der Waals surface area contributed by atoms with E-state index >= 15 is 0 Å². The topological polar surface area (TPSA) is 67.6 Å². The average Bonchev–Trinajstić information content (AvgIpc) is 2.08. The summed E-state index contributed by atoms with van der Waals surface area (Å²) >= 11 is 0. The summed E-state index contributed by atoms with van der Waals surface area (Å²) in [6.45, 7) is 3.77. The Balaban J connectivity index is 2.82. The van der Waals surface area contributed by atoms with Crippen molar-refractivity contribution >= 4 is 5.91 Å². The molecule has 0 aromatic carbocycles. The van der Waals surface area contributed by atoms with E-state index in [0.29, 0.717) is 11.0 Å². The van der Waals surface area contributed by atoms with Gasteiger partial charge in [0.15, 0.2) is 5.49 Å². The molecule has 0 bridgehead atoms. The molecule has 1 aromatic rings. The van der Waals surface area contributed by atoms with E-state index in [4.69, 9.17) is 0 Å². The van der Waals surface area contributed by atoms with Crippen molar-refractivity contribution in [2.45, 2.75) is 13.8 Å². The van der Waals surface area contributed by atoms with E-state index < -0.39 is 0 Å². The van der Waals surface area contributed by atoms with Crippen LogP contribution in [0, 0.1) is 13.8 Å². The fourth-order valence-electron chi connectivity index (χ4n) is 1.06. The van der Waals surface area contributed by atoms with Gasteiger partial charge in [-0.15, -0.1) is 0 Å². The Morgan fingerprint density at radius 1 is 1.08 bits per heavy atom. The number of amides is 1. The van der Waals surface area contributed by atoms with Crippen molar-refractivity contribution in [1.29, 1.82) is 0 Å². The predicted octanol–water partition coefficient (Wildman–Crippen LogP) is -1.13. The van der Waals surface area contributed by atoms with Gasteiger partial charge in [0, 0.05) is 0 Å². The lowest BCUT2D eigenvalue weighted by Crippen LogP contribution is -2.38. The fourth-order valence-corrected chi connectivity index (χ4v) is 1.06.